The van der Waals surface area contributed by atoms with Gasteiger partial charge in [-0.3, -0.25) is 4.90 Å². The molecule has 1 amide bonds. The molecule has 2 aliphatic rings. The van der Waals surface area contributed by atoms with Gasteiger partial charge >= 0.3 is 12.1 Å². The van der Waals surface area contributed by atoms with Crippen molar-refractivity contribution in [1.82, 2.24) is 4.90 Å². The van der Waals surface area contributed by atoms with E-state index in [0.29, 0.717) is 13.0 Å². The summed E-state index contributed by atoms with van der Waals surface area (Å²) in [5.41, 5.74) is 3.01. The lowest BCUT2D eigenvalue weighted by atomic mass is 9.79. The molecule has 0 bridgehead atoms. The minimum absolute atomic E-state index is 0.287. The summed E-state index contributed by atoms with van der Waals surface area (Å²) < 4.78 is 4.95. The largest absolute Gasteiger partial charge is 0.478 e. The van der Waals surface area contributed by atoms with Gasteiger partial charge in [0.2, 0.25) is 0 Å². The van der Waals surface area contributed by atoms with E-state index in [0.717, 1.165) is 36.0 Å². The summed E-state index contributed by atoms with van der Waals surface area (Å²) in [4.78, 5) is 25.1. The van der Waals surface area contributed by atoms with Crippen LogP contribution in [0.15, 0.2) is 30.4 Å². The van der Waals surface area contributed by atoms with Crippen LogP contribution in [-0.2, 0) is 16.7 Å². The number of amides is 1. The lowest BCUT2D eigenvalue weighted by molar-refractivity contribution is 0.0485. The third kappa shape index (κ3) is 2.08. The number of methoxy groups -OCH3 is 1. The number of likely N-dealkylation sites (tertiary alicyclic amines) is 1. The maximum Gasteiger partial charge on any atom is 0.410 e. The zero-order valence-corrected chi connectivity index (χ0v) is 12.6. The van der Waals surface area contributed by atoms with Gasteiger partial charge < -0.3 is 9.84 Å². The number of ether oxygens (including phenoxy) is 1. The Morgan fingerprint density at radius 2 is 2.14 bits per heavy atom. The standard InChI is InChI=1S/C17H19NO4/c1-11-6-8-18(16(21)22-2)17(10-11)7-5-12-9-13(15(19)20)3-4-14(12)17/h3-4,9H,1,5-8,10H2,2H3,(H,19,20). The van der Waals surface area contributed by atoms with Crippen molar-refractivity contribution in [3.63, 3.8) is 0 Å². The van der Waals surface area contributed by atoms with E-state index in [1.165, 1.54) is 7.11 Å². The molecular weight excluding hydrogens is 282 g/mol. The number of hydrogen-bond donors (Lipinski definition) is 1. The van der Waals surface area contributed by atoms with Crippen molar-refractivity contribution in [2.45, 2.75) is 31.2 Å². The van der Waals surface area contributed by atoms with E-state index in [1.807, 2.05) is 6.07 Å². The smallest absolute Gasteiger partial charge is 0.410 e. The second-order valence-electron chi connectivity index (χ2n) is 6.01. The van der Waals surface area contributed by atoms with E-state index >= 15 is 0 Å². The number of carboxylic acid groups (broad SMARTS) is 1. The van der Waals surface area contributed by atoms with Crippen molar-refractivity contribution >= 4 is 12.1 Å². The molecule has 1 aliphatic carbocycles. The van der Waals surface area contributed by atoms with Gasteiger partial charge in [-0.1, -0.05) is 18.2 Å². The first kappa shape index (κ1) is 14.6. The maximum absolute atomic E-state index is 12.2. The molecule has 0 aromatic heterocycles. The highest BCUT2D eigenvalue weighted by molar-refractivity contribution is 5.88. The highest BCUT2D eigenvalue weighted by Gasteiger charge is 2.48. The average molecular weight is 301 g/mol. The zero-order chi connectivity index (χ0) is 15.9. The van der Waals surface area contributed by atoms with Gasteiger partial charge in [0.1, 0.15) is 0 Å². The van der Waals surface area contributed by atoms with Gasteiger partial charge in [0, 0.05) is 6.54 Å². The molecule has 3 rings (SSSR count). The quantitative estimate of drug-likeness (QED) is 0.810. The number of aromatic carboxylic acids is 1. The number of nitrogens with zero attached hydrogens (tertiary/aromatic N) is 1. The fourth-order valence-corrected chi connectivity index (χ4v) is 3.79. The number of benzene rings is 1. The van der Waals surface area contributed by atoms with Crippen LogP contribution in [0.5, 0.6) is 0 Å². The van der Waals surface area contributed by atoms with Crippen LogP contribution in [0.3, 0.4) is 0 Å². The third-order valence-electron chi connectivity index (χ3n) is 4.80. The van der Waals surface area contributed by atoms with Crippen LogP contribution in [0.1, 0.15) is 40.7 Å². The first-order valence-electron chi connectivity index (χ1n) is 7.37. The molecule has 1 aromatic carbocycles. The Hall–Kier alpha value is -2.30. The van der Waals surface area contributed by atoms with E-state index in [9.17, 15) is 9.59 Å². The fraction of sp³-hybridized carbons (Fsp3) is 0.412. The first-order chi connectivity index (χ1) is 10.5. The van der Waals surface area contributed by atoms with Crippen molar-refractivity contribution in [2.75, 3.05) is 13.7 Å². The highest BCUT2D eigenvalue weighted by atomic mass is 16.5. The van der Waals surface area contributed by atoms with Crippen molar-refractivity contribution in [2.24, 2.45) is 0 Å². The molecule has 1 saturated heterocycles. The van der Waals surface area contributed by atoms with Crippen LogP contribution in [0.4, 0.5) is 4.79 Å². The van der Waals surface area contributed by atoms with E-state index in [1.54, 1.807) is 17.0 Å². The fourth-order valence-electron chi connectivity index (χ4n) is 3.79. The number of piperidine rings is 1. The van der Waals surface area contributed by atoms with Gasteiger partial charge in [-0.25, -0.2) is 9.59 Å². The molecule has 1 aromatic rings. The third-order valence-corrected chi connectivity index (χ3v) is 4.80. The molecule has 1 aliphatic heterocycles. The van der Waals surface area contributed by atoms with Gasteiger partial charge in [0.05, 0.1) is 18.2 Å². The zero-order valence-electron chi connectivity index (χ0n) is 12.6. The SMILES string of the molecule is C=C1CCN(C(=O)OC)C2(CCc3cc(C(=O)O)ccc32)C1. The van der Waals surface area contributed by atoms with E-state index in [-0.39, 0.29) is 11.7 Å². The maximum atomic E-state index is 12.2. The lowest BCUT2D eigenvalue weighted by Gasteiger charge is -2.45. The number of carboxylic acids is 1. The summed E-state index contributed by atoms with van der Waals surface area (Å²) >= 11 is 0. The molecule has 1 unspecified atom stereocenters. The molecule has 1 atom stereocenters. The van der Waals surface area contributed by atoms with Crippen LogP contribution >= 0.6 is 0 Å². The molecule has 1 spiro atoms. The number of rotatable bonds is 1. The Morgan fingerprint density at radius 3 is 2.82 bits per heavy atom. The predicted molar refractivity (Wildman–Crippen MR) is 80.9 cm³/mol. The number of carbonyl (C=O) groups excluding carboxylic acids is 1. The monoisotopic (exact) mass is 301 g/mol. The molecule has 116 valence electrons. The first-order valence-corrected chi connectivity index (χ1v) is 7.37. The lowest BCUT2D eigenvalue weighted by Crippen LogP contribution is -2.51. The van der Waals surface area contributed by atoms with Gasteiger partial charge in [-0.15, -0.1) is 0 Å². The van der Waals surface area contributed by atoms with Crippen LogP contribution in [-0.4, -0.2) is 35.7 Å². The van der Waals surface area contributed by atoms with E-state index < -0.39 is 11.5 Å². The Morgan fingerprint density at radius 1 is 1.36 bits per heavy atom. The van der Waals surface area contributed by atoms with Crippen molar-refractivity contribution in [1.29, 1.82) is 0 Å². The minimum Gasteiger partial charge on any atom is -0.478 e. The molecule has 1 N–H and O–H groups in total. The summed E-state index contributed by atoms with van der Waals surface area (Å²) in [5.74, 6) is -0.929. The summed E-state index contributed by atoms with van der Waals surface area (Å²) in [7, 11) is 1.39. The Balaban J connectivity index is 2.08. The minimum atomic E-state index is -0.929. The molecule has 5 nitrogen and oxygen atoms in total. The predicted octanol–water partition coefficient (Wildman–Crippen LogP) is 2.94. The number of carbonyl (C=O) groups is 2. The Labute approximate surface area is 129 Å². The molecule has 0 radical (unpaired) electrons. The van der Waals surface area contributed by atoms with Crippen molar-refractivity contribution in [3.05, 3.63) is 47.0 Å². The van der Waals surface area contributed by atoms with Crippen LogP contribution in [0.2, 0.25) is 0 Å². The van der Waals surface area contributed by atoms with Crippen molar-refractivity contribution < 1.29 is 19.4 Å². The van der Waals surface area contributed by atoms with Crippen molar-refractivity contribution in [3.8, 4) is 0 Å². The summed E-state index contributed by atoms with van der Waals surface area (Å²) in [6.45, 7) is 4.69. The molecule has 22 heavy (non-hydrogen) atoms. The number of hydrogen-bond acceptors (Lipinski definition) is 3. The van der Waals surface area contributed by atoms with Crippen LogP contribution in [0.25, 0.3) is 0 Å². The summed E-state index contributed by atoms with van der Waals surface area (Å²) in [6, 6.07) is 5.18. The molecule has 1 fully saturated rings. The molecule has 5 heteroatoms. The van der Waals surface area contributed by atoms with Crippen LogP contribution < -0.4 is 0 Å². The summed E-state index contributed by atoms with van der Waals surface area (Å²) in [5, 5.41) is 9.14. The van der Waals surface area contributed by atoms with Gasteiger partial charge in [0.25, 0.3) is 0 Å². The topological polar surface area (TPSA) is 66.8 Å². The molecule has 1 heterocycles. The number of aryl methyl sites for hydroxylation is 1. The Kier molecular flexibility index (Phi) is 3.43. The Bertz CT molecular complexity index is 667. The normalized spacial score (nSPS) is 23.5. The van der Waals surface area contributed by atoms with Gasteiger partial charge in [0.15, 0.2) is 0 Å². The van der Waals surface area contributed by atoms with Gasteiger partial charge in [-0.05, 0) is 48.9 Å². The average Bonchev–Trinajstić information content (AvgIpc) is 2.85. The molecule has 0 saturated carbocycles. The second kappa shape index (κ2) is 5.16. The highest BCUT2D eigenvalue weighted by Crippen LogP contribution is 2.49. The number of fused-ring (bicyclic) bond motifs is 2. The second-order valence-corrected chi connectivity index (χ2v) is 6.01. The molecular formula is C17H19NO4. The van der Waals surface area contributed by atoms with E-state index in [4.69, 9.17) is 9.84 Å². The van der Waals surface area contributed by atoms with E-state index in [2.05, 4.69) is 6.58 Å². The van der Waals surface area contributed by atoms with Gasteiger partial charge in [-0.2, -0.15) is 0 Å². The van der Waals surface area contributed by atoms with Crippen LogP contribution in [0, 0.1) is 0 Å². The summed E-state index contributed by atoms with van der Waals surface area (Å²) in [6.07, 6.45) is 2.69.